The lowest BCUT2D eigenvalue weighted by Gasteiger charge is -2.11. The van der Waals surface area contributed by atoms with Crippen LogP contribution in [0.1, 0.15) is 23.0 Å². The molecule has 0 saturated carbocycles. The number of nitrogens with one attached hydrogen (secondary N) is 3. The maximum atomic E-state index is 12.1. The van der Waals surface area contributed by atoms with Crippen molar-refractivity contribution in [3.63, 3.8) is 0 Å². The van der Waals surface area contributed by atoms with E-state index in [0.717, 1.165) is 0 Å². The minimum Gasteiger partial charge on any atom is -0.494 e. The lowest BCUT2D eigenvalue weighted by Crippen LogP contribution is -2.13. The monoisotopic (exact) mass is 288 g/mol. The highest BCUT2D eigenvalue weighted by atomic mass is 16.5. The number of rotatable bonds is 4. The number of H-pyrrole nitrogens is 1. The van der Waals surface area contributed by atoms with Crippen LogP contribution in [0.4, 0.5) is 11.4 Å². The fourth-order valence-electron chi connectivity index (χ4n) is 1.84. The SMILES string of the molecule is COc1cc(NC(=O)c2cn[nH]c2C)ccc1NC(C)=O. The highest BCUT2D eigenvalue weighted by Gasteiger charge is 2.12. The summed E-state index contributed by atoms with van der Waals surface area (Å²) in [6, 6.07) is 4.98. The summed E-state index contributed by atoms with van der Waals surface area (Å²) in [6.07, 6.45) is 1.47. The van der Waals surface area contributed by atoms with Crippen LogP contribution >= 0.6 is 0 Å². The molecule has 0 aliphatic heterocycles. The molecular weight excluding hydrogens is 272 g/mol. The lowest BCUT2D eigenvalue weighted by atomic mass is 10.2. The van der Waals surface area contributed by atoms with E-state index in [-0.39, 0.29) is 11.8 Å². The molecule has 0 unspecified atom stereocenters. The molecule has 2 aromatic rings. The number of hydrogen-bond acceptors (Lipinski definition) is 4. The topological polar surface area (TPSA) is 96.1 Å². The van der Waals surface area contributed by atoms with Gasteiger partial charge < -0.3 is 15.4 Å². The first kappa shape index (κ1) is 14.6. The molecule has 0 saturated heterocycles. The predicted molar refractivity (Wildman–Crippen MR) is 78.6 cm³/mol. The molecule has 7 nitrogen and oxygen atoms in total. The minimum absolute atomic E-state index is 0.195. The number of ether oxygens (including phenoxy) is 1. The number of anilines is 2. The number of aromatic nitrogens is 2. The van der Waals surface area contributed by atoms with E-state index in [1.165, 1.54) is 20.2 Å². The Morgan fingerprint density at radius 3 is 2.62 bits per heavy atom. The molecule has 0 spiro atoms. The molecule has 110 valence electrons. The first-order valence-electron chi connectivity index (χ1n) is 6.28. The van der Waals surface area contributed by atoms with Gasteiger partial charge in [-0.15, -0.1) is 0 Å². The third-order valence-electron chi connectivity index (χ3n) is 2.84. The zero-order valence-corrected chi connectivity index (χ0v) is 12.0. The van der Waals surface area contributed by atoms with Crippen LogP contribution in [0.2, 0.25) is 0 Å². The van der Waals surface area contributed by atoms with Gasteiger partial charge in [0.2, 0.25) is 5.91 Å². The number of hydrogen-bond donors (Lipinski definition) is 3. The quantitative estimate of drug-likeness (QED) is 0.801. The van der Waals surface area contributed by atoms with Crippen molar-refractivity contribution in [1.29, 1.82) is 0 Å². The van der Waals surface area contributed by atoms with E-state index in [1.54, 1.807) is 25.1 Å². The van der Waals surface area contributed by atoms with Crippen molar-refractivity contribution >= 4 is 23.2 Å². The fraction of sp³-hybridized carbons (Fsp3) is 0.214. The lowest BCUT2D eigenvalue weighted by molar-refractivity contribution is -0.114. The van der Waals surface area contributed by atoms with E-state index >= 15 is 0 Å². The van der Waals surface area contributed by atoms with Gasteiger partial charge in [0.15, 0.2) is 0 Å². The van der Waals surface area contributed by atoms with Crippen molar-refractivity contribution in [3.8, 4) is 5.75 Å². The van der Waals surface area contributed by atoms with Crippen molar-refractivity contribution in [2.45, 2.75) is 13.8 Å². The third kappa shape index (κ3) is 3.38. The molecule has 0 fully saturated rings. The Bertz CT molecular complexity index is 679. The molecule has 3 N–H and O–H groups in total. The van der Waals surface area contributed by atoms with Gasteiger partial charge in [0, 0.05) is 24.4 Å². The van der Waals surface area contributed by atoms with Gasteiger partial charge in [-0.1, -0.05) is 0 Å². The van der Waals surface area contributed by atoms with Crippen molar-refractivity contribution in [2.24, 2.45) is 0 Å². The van der Waals surface area contributed by atoms with Crippen LogP contribution < -0.4 is 15.4 Å². The second-order valence-corrected chi connectivity index (χ2v) is 4.46. The summed E-state index contributed by atoms with van der Waals surface area (Å²) in [4.78, 5) is 23.2. The average molecular weight is 288 g/mol. The molecule has 21 heavy (non-hydrogen) atoms. The van der Waals surface area contributed by atoms with Gasteiger partial charge in [-0.3, -0.25) is 14.7 Å². The molecule has 7 heteroatoms. The van der Waals surface area contributed by atoms with Gasteiger partial charge in [0.1, 0.15) is 5.75 Å². The molecule has 1 heterocycles. The Labute approximate surface area is 121 Å². The maximum Gasteiger partial charge on any atom is 0.259 e. The van der Waals surface area contributed by atoms with Gasteiger partial charge in [-0.05, 0) is 19.1 Å². The second-order valence-electron chi connectivity index (χ2n) is 4.46. The standard InChI is InChI=1S/C14H16N4O3/c1-8-11(7-15-18-8)14(20)17-10-4-5-12(16-9(2)19)13(6-10)21-3/h4-7H,1-3H3,(H,15,18)(H,16,19)(H,17,20). The van der Waals surface area contributed by atoms with Crippen LogP contribution in [0.15, 0.2) is 24.4 Å². The third-order valence-corrected chi connectivity index (χ3v) is 2.84. The molecule has 0 atom stereocenters. The highest BCUT2D eigenvalue weighted by Crippen LogP contribution is 2.28. The molecule has 1 aromatic carbocycles. The Morgan fingerprint density at radius 1 is 1.29 bits per heavy atom. The normalized spacial score (nSPS) is 10.0. The van der Waals surface area contributed by atoms with Crippen LogP contribution in [0, 0.1) is 6.92 Å². The highest BCUT2D eigenvalue weighted by molar-refractivity contribution is 6.05. The predicted octanol–water partition coefficient (Wildman–Crippen LogP) is 1.94. The zero-order chi connectivity index (χ0) is 15.4. The van der Waals surface area contributed by atoms with Crippen LogP contribution in [-0.2, 0) is 4.79 Å². The number of carbonyl (C=O) groups excluding carboxylic acids is 2. The van der Waals surface area contributed by atoms with Gasteiger partial charge >= 0.3 is 0 Å². The number of carbonyl (C=O) groups is 2. The van der Waals surface area contributed by atoms with Crippen molar-refractivity contribution in [3.05, 3.63) is 35.7 Å². The Hall–Kier alpha value is -2.83. The van der Waals surface area contributed by atoms with Crippen LogP contribution in [0.3, 0.4) is 0 Å². The number of aryl methyl sites for hydroxylation is 1. The summed E-state index contributed by atoms with van der Waals surface area (Å²) in [5, 5.41) is 11.9. The summed E-state index contributed by atoms with van der Waals surface area (Å²) >= 11 is 0. The minimum atomic E-state index is -0.268. The second kappa shape index (κ2) is 6.08. The summed E-state index contributed by atoms with van der Waals surface area (Å²) in [5.41, 5.74) is 2.27. The molecule has 2 rings (SSSR count). The van der Waals surface area contributed by atoms with Crippen LogP contribution in [-0.4, -0.2) is 29.1 Å². The van der Waals surface area contributed by atoms with E-state index in [9.17, 15) is 9.59 Å². The van der Waals surface area contributed by atoms with Crippen LogP contribution in [0.25, 0.3) is 0 Å². The molecule has 2 amide bonds. The van der Waals surface area contributed by atoms with E-state index in [4.69, 9.17) is 4.74 Å². The summed E-state index contributed by atoms with van der Waals surface area (Å²) in [7, 11) is 1.49. The van der Waals surface area contributed by atoms with Crippen molar-refractivity contribution < 1.29 is 14.3 Å². The smallest absolute Gasteiger partial charge is 0.259 e. The van der Waals surface area contributed by atoms with E-state index < -0.39 is 0 Å². The van der Waals surface area contributed by atoms with Gasteiger partial charge in [-0.25, -0.2) is 0 Å². The van der Waals surface area contributed by atoms with Crippen molar-refractivity contribution in [2.75, 3.05) is 17.7 Å². The Morgan fingerprint density at radius 2 is 2.05 bits per heavy atom. The molecule has 0 bridgehead atoms. The Kier molecular flexibility index (Phi) is 4.22. The summed E-state index contributed by atoms with van der Waals surface area (Å²) < 4.78 is 5.20. The molecule has 0 aliphatic rings. The largest absolute Gasteiger partial charge is 0.494 e. The first-order valence-corrected chi connectivity index (χ1v) is 6.28. The van der Waals surface area contributed by atoms with Gasteiger partial charge in [0.05, 0.1) is 24.6 Å². The number of aromatic amines is 1. The molecular formula is C14H16N4O3. The zero-order valence-electron chi connectivity index (χ0n) is 12.0. The molecule has 0 radical (unpaired) electrons. The van der Waals surface area contributed by atoms with E-state index in [1.807, 2.05) is 0 Å². The molecule has 0 aliphatic carbocycles. The van der Waals surface area contributed by atoms with Crippen molar-refractivity contribution in [1.82, 2.24) is 10.2 Å². The fourth-order valence-corrected chi connectivity index (χ4v) is 1.84. The van der Waals surface area contributed by atoms with E-state index in [0.29, 0.717) is 28.4 Å². The van der Waals surface area contributed by atoms with Gasteiger partial charge in [-0.2, -0.15) is 5.10 Å². The maximum absolute atomic E-state index is 12.1. The van der Waals surface area contributed by atoms with Gasteiger partial charge in [0.25, 0.3) is 5.91 Å². The van der Waals surface area contributed by atoms with Crippen LogP contribution in [0.5, 0.6) is 5.75 Å². The first-order chi connectivity index (χ1) is 10.0. The number of amides is 2. The number of nitrogens with zero attached hydrogens (tertiary/aromatic N) is 1. The summed E-state index contributed by atoms with van der Waals surface area (Å²) in [6.45, 7) is 3.18. The number of methoxy groups -OCH3 is 1. The molecule has 1 aromatic heterocycles. The number of benzene rings is 1. The average Bonchev–Trinajstić information content (AvgIpc) is 2.86. The summed E-state index contributed by atoms with van der Waals surface area (Å²) in [5.74, 6) is 0.00148. The Balaban J connectivity index is 2.19. The van der Waals surface area contributed by atoms with E-state index in [2.05, 4.69) is 20.8 Å².